The molecule has 0 spiro atoms. The highest BCUT2D eigenvalue weighted by atomic mass is 16.5. The molecule has 0 aromatic heterocycles. The number of hydrogen-bond donors (Lipinski definition) is 0. The highest BCUT2D eigenvalue weighted by Crippen LogP contribution is 2.02. The Kier molecular flexibility index (Phi) is 6.05. The summed E-state index contributed by atoms with van der Waals surface area (Å²) in [6, 6.07) is 10.2. The molecule has 0 heterocycles. The second-order valence-electron chi connectivity index (χ2n) is 3.87. The van der Waals surface area contributed by atoms with Crippen LogP contribution in [0.4, 0.5) is 0 Å². The zero-order chi connectivity index (χ0) is 10.9. The maximum Gasteiger partial charge on any atom is -0.0103 e. The minimum Gasteiger partial charge on any atom is -0.785 e. The first-order valence-electron chi connectivity index (χ1n) is 5.79. The molecule has 0 unspecified atom stereocenters. The van der Waals surface area contributed by atoms with E-state index in [0.717, 1.165) is 19.3 Å². The first kappa shape index (κ1) is 12.2. The Bertz CT molecular complexity index is 248. The molecule has 0 atom stereocenters. The van der Waals surface area contributed by atoms with Crippen molar-refractivity contribution in [2.75, 3.05) is 13.1 Å². The van der Waals surface area contributed by atoms with Crippen molar-refractivity contribution in [3.8, 4) is 0 Å². The van der Waals surface area contributed by atoms with Gasteiger partial charge in [0, 0.05) is 0 Å². The van der Waals surface area contributed by atoms with Crippen LogP contribution in [-0.2, 0) is 6.42 Å². The van der Waals surface area contributed by atoms with E-state index < -0.39 is 0 Å². The normalized spacial score (nSPS) is 10.9. The fourth-order valence-corrected chi connectivity index (χ4v) is 1.55. The van der Waals surface area contributed by atoms with Crippen molar-refractivity contribution in [2.24, 2.45) is 0 Å². The van der Waals surface area contributed by atoms with Gasteiger partial charge in [0.2, 0.25) is 0 Å². The van der Waals surface area contributed by atoms with Crippen LogP contribution in [0.25, 0.3) is 0 Å². The molecule has 15 heavy (non-hydrogen) atoms. The van der Waals surface area contributed by atoms with Crippen LogP contribution in [0.3, 0.4) is 0 Å². The predicted octanol–water partition coefficient (Wildman–Crippen LogP) is 3.22. The third-order valence-corrected chi connectivity index (χ3v) is 2.50. The van der Waals surface area contributed by atoms with Gasteiger partial charge in [-0.15, -0.1) is 0 Å². The van der Waals surface area contributed by atoms with E-state index in [1.54, 1.807) is 0 Å². The molecule has 0 bridgehead atoms. The predicted molar refractivity (Wildman–Crippen MR) is 64.6 cm³/mol. The first-order chi connectivity index (χ1) is 7.33. The van der Waals surface area contributed by atoms with Crippen molar-refractivity contribution in [1.82, 2.24) is 5.06 Å². The molecule has 1 rings (SSSR count). The first-order valence-corrected chi connectivity index (χ1v) is 5.79. The lowest BCUT2D eigenvalue weighted by Crippen LogP contribution is -2.20. The standard InChI is InChI=1S/C13H20NO/c1-2-3-7-11-14(15)12-10-13-8-5-4-6-9-13/h4-6,8-9H,2-3,7,10-12H2,1H3/q-1. The molecule has 0 saturated heterocycles. The van der Waals surface area contributed by atoms with E-state index in [9.17, 15) is 5.21 Å². The van der Waals surface area contributed by atoms with E-state index in [1.807, 2.05) is 18.2 Å². The Morgan fingerprint density at radius 2 is 1.80 bits per heavy atom. The largest absolute Gasteiger partial charge is 0.785 e. The second kappa shape index (κ2) is 7.43. The van der Waals surface area contributed by atoms with Crippen LogP contribution in [-0.4, -0.2) is 18.2 Å². The van der Waals surface area contributed by atoms with Gasteiger partial charge in [0.25, 0.3) is 0 Å². The summed E-state index contributed by atoms with van der Waals surface area (Å²) in [5, 5.41) is 12.6. The molecule has 2 heteroatoms. The van der Waals surface area contributed by atoms with E-state index in [1.165, 1.54) is 17.0 Å². The van der Waals surface area contributed by atoms with Gasteiger partial charge in [0.05, 0.1) is 0 Å². The quantitative estimate of drug-likeness (QED) is 0.506. The smallest absolute Gasteiger partial charge is 0.0103 e. The fraction of sp³-hybridized carbons (Fsp3) is 0.538. The average Bonchev–Trinajstić information content (AvgIpc) is 2.28. The van der Waals surface area contributed by atoms with E-state index in [4.69, 9.17) is 0 Å². The fourth-order valence-electron chi connectivity index (χ4n) is 1.55. The summed E-state index contributed by atoms with van der Waals surface area (Å²) in [6.45, 7) is 3.45. The molecule has 0 N–H and O–H groups in total. The van der Waals surface area contributed by atoms with E-state index in [-0.39, 0.29) is 0 Å². The Morgan fingerprint density at radius 3 is 2.47 bits per heavy atom. The molecule has 0 amide bonds. The summed E-state index contributed by atoms with van der Waals surface area (Å²) < 4.78 is 0. The van der Waals surface area contributed by atoms with E-state index in [0.29, 0.717) is 13.1 Å². The SMILES string of the molecule is CCCCCN([O-])CCc1ccccc1. The van der Waals surface area contributed by atoms with Crippen LogP contribution in [0.2, 0.25) is 0 Å². The van der Waals surface area contributed by atoms with Gasteiger partial charge < -0.3 is 10.3 Å². The molecule has 0 aliphatic heterocycles. The van der Waals surface area contributed by atoms with Crippen molar-refractivity contribution < 1.29 is 0 Å². The molecule has 84 valence electrons. The number of benzene rings is 1. The molecule has 0 aliphatic carbocycles. The minimum atomic E-state index is 0.619. The Balaban J connectivity index is 2.14. The minimum absolute atomic E-state index is 0.619. The lowest BCUT2D eigenvalue weighted by atomic mass is 10.1. The van der Waals surface area contributed by atoms with E-state index in [2.05, 4.69) is 19.1 Å². The number of hydroxylamine groups is 2. The van der Waals surface area contributed by atoms with Gasteiger partial charge in [0.15, 0.2) is 0 Å². The van der Waals surface area contributed by atoms with Gasteiger partial charge >= 0.3 is 0 Å². The summed E-state index contributed by atoms with van der Waals surface area (Å²) in [4.78, 5) is 0. The number of rotatable bonds is 7. The van der Waals surface area contributed by atoms with Gasteiger partial charge in [-0.2, -0.15) is 0 Å². The number of hydrogen-bond acceptors (Lipinski definition) is 2. The zero-order valence-electron chi connectivity index (χ0n) is 9.48. The van der Waals surface area contributed by atoms with Gasteiger partial charge in [-0.05, 0) is 31.5 Å². The molecule has 0 fully saturated rings. The second-order valence-corrected chi connectivity index (χ2v) is 3.87. The molecule has 1 aromatic carbocycles. The number of unbranched alkanes of at least 4 members (excludes halogenated alkanes) is 2. The summed E-state index contributed by atoms with van der Waals surface area (Å²) in [5.74, 6) is 0. The van der Waals surface area contributed by atoms with Crippen molar-refractivity contribution in [1.29, 1.82) is 0 Å². The van der Waals surface area contributed by atoms with Crippen LogP contribution in [0.1, 0.15) is 31.7 Å². The molecule has 1 aromatic rings. The Morgan fingerprint density at radius 1 is 1.07 bits per heavy atom. The van der Waals surface area contributed by atoms with Crippen molar-refractivity contribution in [2.45, 2.75) is 32.6 Å². The van der Waals surface area contributed by atoms with Crippen molar-refractivity contribution >= 4 is 0 Å². The van der Waals surface area contributed by atoms with Crippen LogP contribution in [0.15, 0.2) is 30.3 Å². The monoisotopic (exact) mass is 206 g/mol. The third kappa shape index (κ3) is 5.55. The topological polar surface area (TPSA) is 26.3 Å². The van der Waals surface area contributed by atoms with Gasteiger partial charge in [0.1, 0.15) is 0 Å². The molecule has 2 nitrogen and oxygen atoms in total. The average molecular weight is 206 g/mol. The molecule has 0 radical (unpaired) electrons. The highest BCUT2D eigenvalue weighted by molar-refractivity contribution is 5.14. The van der Waals surface area contributed by atoms with Gasteiger partial charge in [-0.1, -0.05) is 50.1 Å². The third-order valence-electron chi connectivity index (χ3n) is 2.50. The van der Waals surface area contributed by atoms with Crippen molar-refractivity contribution in [3.63, 3.8) is 0 Å². The summed E-state index contributed by atoms with van der Waals surface area (Å²) in [5.41, 5.74) is 1.24. The molecular formula is C13H20NO-. The maximum atomic E-state index is 11.4. The summed E-state index contributed by atoms with van der Waals surface area (Å²) >= 11 is 0. The van der Waals surface area contributed by atoms with Gasteiger partial charge in [-0.25, -0.2) is 0 Å². The van der Waals surface area contributed by atoms with Crippen molar-refractivity contribution in [3.05, 3.63) is 41.1 Å². The summed E-state index contributed by atoms with van der Waals surface area (Å²) in [6.07, 6.45) is 4.21. The highest BCUT2D eigenvalue weighted by Gasteiger charge is 1.94. The lowest BCUT2D eigenvalue weighted by Gasteiger charge is -2.27. The zero-order valence-corrected chi connectivity index (χ0v) is 9.48. The molecular weight excluding hydrogens is 186 g/mol. The maximum absolute atomic E-state index is 11.4. The Hall–Kier alpha value is -0.860. The van der Waals surface area contributed by atoms with E-state index >= 15 is 0 Å². The lowest BCUT2D eigenvalue weighted by molar-refractivity contribution is 0.369. The van der Waals surface area contributed by atoms with Crippen LogP contribution in [0, 0.1) is 5.21 Å². The Labute approximate surface area is 92.5 Å². The summed E-state index contributed by atoms with van der Waals surface area (Å²) in [7, 11) is 0. The van der Waals surface area contributed by atoms with Crippen LogP contribution < -0.4 is 0 Å². The number of nitrogens with zero attached hydrogens (tertiary/aromatic N) is 1. The van der Waals surface area contributed by atoms with Gasteiger partial charge in [-0.3, -0.25) is 0 Å². The van der Waals surface area contributed by atoms with Crippen LogP contribution >= 0.6 is 0 Å². The molecule has 0 saturated carbocycles. The van der Waals surface area contributed by atoms with Crippen LogP contribution in [0.5, 0.6) is 0 Å². The molecule has 0 aliphatic rings.